The molecule has 0 spiro atoms. The summed E-state index contributed by atoms with van der Waals surface area (Å²) in [6, 6.07) is 0. The Hall–Kier alpha value is -0.680. The lowest BCUT2D eigenvalue weighted by Gasteiger charge is -2.07. The van der Waals surface area contributed by atoms with Gasteiger partial charge in [-0.2, -0.15) is 0 Å². The van der Waals surface area contributed by atoms with E-state index in [1.807, 2.05) is 0 Å². The summed E-state index contributed by atoms with van der Waals surface area (Å²) in [5.74, 6) is 1.28. The molecule has 0 radical (unpaired) electrons. The summed E-state index contributed by atoms with van der Waals surface area (Å²) in [5.41, 5.74) is 6.59. The normalized spacial score (nSPS) is 10.6. The van der Waals surface area contributed by atoms with Crippen LogP contribution in [0.3, 0.4) is 0 Å². The van der Waals surface area contributed by atoms with Crippen molar-refractivity contribution >= 4 is 21.7 Å². The summed E-state index contributed by atoms with van der Waals surface area (Å²) in [7, 11) is 1.64. The summed E-state index contributed by atoms with van der Waals surface area (Å²) in [6.07, 6.45) is 3.07. The van der Waals surface area contributed by atoms with Gasteiger partial charge in [-0.05, 0) is 22.4 Å². The zero-order valence-electron chi connectivity index (χ0n) is 9.09. The summed E-state index contributed by atoms with van der Waals surface area (Å²) >= 11 is 3.35. The molecule has 0 saturated heterocycles. The highest BCUT2D eigenvalue weighted by Crippen LogP contribution is 2.21. The number of methoxy groups -OCH3 is 1. The fraction of sp³-hybridized carbons (Fsp3) is 0.600. The Morgan fingerprint density at radius 3 is 2.73 bits per heavy atom. The van der Waals surface area contributed by atoms with Gasteiger partial charge in [0.25, 0.3) is 0 Å². The van der Waals surface area contributed by atoms with Crippen molar-refractivity contribution in [1.82, 2.24) is 9.97 Å². The zero-order valence-corrected chi connectivity index (χ0v) is 10.7. The number of aromatic nitrogens is 2. The number of ether oxygens (including phenoxy) is 1. The maximum absolute atomic E-state index is 5.77. The van der Waals surface area contributed by atoms with Crippen LogP contribution in [-0.4, -0.2) is 17.1 Å². The minimum absolute atomic E-state index is 0.451. The smallest absolute Gasteiger partial charge is 0.141 e. The van der Waals surface area contributed by atoms with E-state index < -0.39 is 0 Å². The average Bonchev–Trinajstić information content (AvgIpc) is 2.22. The van der Waals surface area contributed by atoms with Crippen molar-refractivity contribution in [1.29, 1.82) is 0 Å². The number of nitrogen functional groups attached to an aromatic ring is 1. The van der Waals surface area contributed by atoms with Gasteiger partial charge in [-0.1, -0.05) is 13.3 Å². The quantitative estimate of drug-likeness (QED) is 0.895. The molecule has 0 amide bonds. The molecule has 1 heterocycles. The summed E-state index contributed by atoms with van der Waals surface area (Å²) in [6.45, 7) is 2.59. The zero-order chi connectivity index (χ0) is 11.3. The third-order valence-electron chi connectivity index (χ3n) is 2.03. The molecule has 1 aromatic rings. The monoisotopic (exact) mass is 273 g/mol. The Balaban J connectivity index is 2.90. The molecule has 4 nitrogen and oxygen atoms in total. The SMILES string of the molecule is CCCCc1nc(N)c(Br)c(COC)n1. The third-order valence-corrected chi connectivity index (χ3v) is 2.89. The van der Waals surface area contributed by atoms with Crippen LogP contribution in [-0.2, 0) is 17.8 Å². The van der Waals surface area contributed by atoms with E-state index in [4.69, 9.17) is 10.5 Å². The molecule has 0 unspecified atom stereocenters. The second-order valence-corrected chi connectivity index (χ2v) is 4.12. The van der Waals surface area contributed by atoms with Crippen molar-refractivity contribution in [3.05, 3.63) is 16.0 Å². The van der Waals surface area contributed by atoms with Crippen LogP contribution in [0.2, 0.25) is 0 Å². The molecule has 1 rings (SSSR count). The van der Waals surface area contributed by atoms with Crippen LogP contribution in [0, 0.1) is 0 Å². The number of aryl methyl sites for hydroxylation is 1. The van der Waals surface area contributed by atoms with Gasteiger partial charge in [0.05, 0.1) is 16.8 Å². The summed E-state index contributed by atoms with van der Waals surface area (Å²) in [4.78, 5) is 8.61. The van der Waals surface area contributed by atoms with Gasteiger partial charge in [0.15, 0.2) is 0 Å². The average molecular weight is 274 g/mol. The van der Waals surface area contributed by atoms with Crippen LogP contribution in [0.25, 0.3) is 0 Å². The Morgan fingerprint density at radius 2 is 2.13 bits per heavy atom. The molecule has 0 saturated carbocycles. The summed E-state index contributed by atoms with van der Waals surface area (Å²) in [5, 5.41) is 0. The van der Waals surface area contributed by atoms with Crippen LogP contribution >= 0.6 is 15.9 Å². The predicted octanol–water partition coefficient (Wildman–Crippen LogP) is 2.31. The molecule has 15 heavy (non-hydrogen) atoms. The predicted molar refractivity (Wildman–Crippen MR) is 63.5 cm³/mol. The van der Waals surface area contributed by atoms with Gasteiger partial charge < -0.3 is 10.5 Å². The Labute approximate surface area is 98.4 Å². The Kier molecular flexibility index (Phi) is 4.98. The number of anilines is 1. The second kappa shape index (κ2) is 6.02. The van der Waals surface area contributed by atoms with Crippen LogP contribution in [0.4, 0.5) is 5.82 Å². The molecular weight excluding hydrogens is 258 g/mol. The van der Waals surface area contributed by atoms with E-state index in [1.165, 1.54) is 0 Å². The number of nitrogens with zero attached hydrogens (tertiary/aromatic N) is 2. The van der Waals surface area contributed by atoms with Gasteiger partial charge in [-0.15, -0.1) is 0 Å². The molecular formula is C10H16BrN3O. The standard InChI is InChI=1S/C10H16BrN3O/c1-3-4-5-8-13-7(6-15-2)9(11)10(12)14-8/h3-6H2,1-2H3,(H2,12,13,14). The van der Waals surface area contributed by atoms with Crippen molar-refractivity contribution < 1.29 is 4.74 Å². The van der Waals surface area contributed by atoms with Crippen molar-refractivity contribution in [2.24, 2.45) is 0 Å². The molecule has 0 aliphatic heterocycles. The minimum atomic E-state index is 0.451. The maximum atomic E-state index is 5.77. The van der Waals surface area contributed by atoms with E-state index in [1.54, 1.807) is 7.11 Å². The van der Waals surface area contributed by atoms with Gasteiger partial charge in [0.1, 0.15) is 11.6 Å². The van der Waals surface area contributed by atoms with Crippen LogP contribution in [0.5, 0.6) is 0 Å². The van der Waals surface area contributed by atoms with Gasteiger partial charge in [-0.25, -0.2) is 9.97 Å². The van der Waals surface area contributed by atoms with Crippen LogP contribution in [0.1, 0.15) is 31.3 Å². The molecule has 0 aliphatic carbocycles. The van der Waals surface area contributed by atoms with Crippen molar-refractivity contribution in [2.75, 3.05) is 12.8 Å². The van der Waals surface area contributed by atoms with E-state index in [0.29, 0.717) is 12.4 Å². The Morgan fingerprint density at radius 1 is 1.40 bits per heavy atom. The lowest BCUT2D eigenvalue weighted by molar-refractivity contribution is 0.180. The van der Waals surface area contributed by atoms with E-state index in [-0.39, 0.29) is 0 Å². The largest absolute Gasteiger partial charge is 0.383 e. The first-order chi connectivity index (χ1) is 7.19. The molecule has 0 atom stereocenters. The molecule has 5 heteroatoms. The van der Waals surface area contributed by atoms with E-state index in [9.17, 15) is 0 Å². The topological polar surface area (TPSA) is 61.0 Å². The fourth-order valence-electron chi connectivity index (χ4n) is 1.24. The number of rotatable bonds is 5. The number of hydrogen-bond donors (Lipinski definition) is 1. The molecule has 0 fully saturated rings. The van der Waals surface area contributed by atoms with Crippen molar-refractivity contribution in [2.45, 2.75) is 32.8 Å². The van der Waals surface area contributed by atoms with Crippen molar-refractivity contribution in [3.63, 3.8) is 0 Å². The highest BCUT2D eigenvalue weighted by molar-refractivity contribution is 9.10. The number of hydrogen-bond acceptors (Lipinski definition) is 4. The highest BCUT2D eigenvalue weighted by atomic mass is 79.9. The highest BCUT2D eigenvalue weighted by Gasteiger charge is 2.09. The van der Waals surface area contributed by atoms with Gasteiger partial charge in [-0.3, -0.25) is 0 Å². The lowest BCUT2D eigenvalue weighted by Crippen LogP contribution is -2.06. The first-order valence-electron chi connectivity index (χ1n) is 4.98. The minimum Gasteiger partial charge on any atom is -0.383 e. The molecule has 0 bridgehead atoms. The van der Waals surface area contributed by atoms with Crippen molar-refractivity contribution in [3.8, 4) is 0 Å². The van der Waals surface area contributed by atoms with E-state index in [0.717, 1.165) is 35.3 Å². The van der Waals surface area contributed by atoms with E-state index in [2.05, 4.69) is 32.8 Å². The number of nitrogens with two attached hydrogens (primary N) is 1. The van der Waals surface area contributed by atoms with Gasteiger partial charge in [0, 0.05) is 13.5 Å². The maximum Gasteiger partial charge on any atom is 0.141 e. The molecule has 84 valence electrons. The second-order valence-electron chi connectivity index (χ2n) is 3.32. The summed E-state index contributed by atoms with van der Waals surface area (Å²) < 4.78 is 5.79. The fourth-order valence-corrected chi connectivity index (χ4v) is 1.54. The van der Waals surface area contributed by atoms with Crippen LogP contribution < -0.4 is 5.73 Å². The number of halogens is 1. The molecule has 0 aliphatic rings. The molecule has 1 aromatic heterocycles. The van der Waals surface area contributed by atoms with Crippen LogP contribution in [0.15, 0.2) is 4.47 Å². The Bertz CT molecular complexity index is 331. The van der Waals surface area contributed by atoms with Gasteiger partial charge in [0.2, 0.25) is 0 Å². The lowest BCUT2D eigenvalue weighted by atomic mass is 10.2. The van der Waals surface area contributed by atoms with E-state index >= 15 is 0 Å². The molecule has 0 aromatic carbocycles. The first kappa shape index (κ1) is 12.4. The third kappa shape index (κ3) is 3.43. The first-order valence-corrected chi connectivity index (χ1v) is 5.78. The van der Waals surface area contributed by atoms with Gasteiger partial charge >= 0.3 is 0 Å². The molecule has 2 N–H and O–H groups in total. The number of unbranched alkanes of at least 4 members (excludes halogenated alkanes) is 1.